The van der Waals surface area contributed by atoms with E-state index in [9.17, 15) is 13.2 Å². The lowest BCUT2D eigenvalue weighted by Crippen LogP contribution is -2.21. The fraction of sp³-hybridized carbons (Fsp3) is 0.182. The lowest BCUT2D eigenvalue weighted by molar-refractivity contribution is -0.0918. The van der Waals surface area contributed by atoms with E-state index in [2.05, 4.69) is 15.6 Å². The normalized spacial score (nSPS) is 12.4. The van der Waals surface area contributed by atoms with Crippen LogP contribution in [0.5, 0.6) is 0 Å². The van der Waals surface area contributed by atoms with Gasteiger partial charge in [-0.2, -0.15) is 13.2 Å². The number of nitrogens with two attached hydrogens (primary N) is 1. The molecule has 0 bridgehead atoms. The second-order valence-electron chi connectivity index (χ2n) is 6.73. The summed E-state index contributed by atoms with van der Waals surface area (Å²) in [5.74, 6) is 0. The van der Waals surface area contributed by atoms with Crippen molar-refractivity contribution in [3.63, 3.8) is 0 Å². The van der Waals surface area contributed by atoms with Crippen LogP contribution in [0.15, 0.2) is 60.4 Å². The van der Waals surface area contributed by atoms with E-state index in [0.717, 1.165) is 16.9 Å². The van der Waals surface area contributed by atoms with E-state index in [-0.39, 0.29) is 11.1 Å². The number of pyridine rings is 1. The number of aromatic nitrogens is 1. The van der Waals surface area contributed by atoms with Gasteiger partial charge in [0.2, 0.25) is 0 Å². The van der Waals surface area contributed by atoms with Crippen LogP contribution < -0.4 is 16.4 Å². The van der Waals surface area contributed by atoms with Gasteiger partial charge in [0.25, 0.3) is 0 Å². The van der Waals surface area contributed by atoms with Gasteiger partial charge in [-0.1, -0.05) is 24.3 Å². The summed E-state index contributed by atoms with van der Waals surface area (Å²) >= 11 is 0. The van der Waals surface area contributed by atoms with Gasteiger partial charge in [0.15, 0.2) is 0 Å². The maximum atomic E-state index is 13.0. The maximum Gasteiger partial charge on any atom is 0.431 e. The van der Waals surface area contributed by atoms with Crippen molar-refractivity contribution >= 4 is 34.1 Å². The maximum absolute atomic E-state index is 13.0. The summed E-state index contributed by atoms with van der Waals surface area (Å²) in [5.41, 5.74) is 7.35. The Morgan fingerprint density at radius 3 is 2.43 bits per heavy atom. The first-order valence-corrected chi connectivity index (χ1v) is 9.31. The molecule has 0 atom stereocenters. The summed E-state index contributed by atoms with van der Waals surface area (Å²) in [7, 11) is 0. The third-order valence-electron chi connectivity index (χ3n) is 4.69. The van der Waals surface area contributed by atoms with Gasteiger partial charge in [-0.3, -0.25) is 4.98 Å². The van der Waals surface area contributed by atoms with Gasteiger partial charge >= 0.3 is 6.18 Å². The molecule has 0 radical (unpaired) electrons. The SMILES string of the molecule is Cc1ccccc1NCCNc1ccnc2ccc(C(C=N)=C(N)C(F)(F)F)cc12. The van der Waals surface area contributed by atoms with E-state index in [1.807, 2.05) is 31.2 Å². The van der Waals surface area contributed by atoms with Gasteiger partial charge in [0.05, 0.1) is 5.52 Å². The van der Waals surface area contributed by atoms with Gasteiger partial charge in [0, 0.05) is 47.8 Å². The van der Waals surface area contributed by atoms with Crippen LogP contribution >= 0.6 is 0 Å². The lowest BCUT2D eigenvalue weighted by atomic mass is 10.0. The highest BCUT2D eigenvalue weighted by Gasteiger charge is 2.34. The van der Waals surface area contributed by atoms with Crippen molar-refractivity contribution in [1.29, 1.82) is 5.41 Å². The van der Waals surface area contributed by atoms with Gasteiger partial charge in [-0.15, -0.1) is 0 Å². The van der Waals surface area contributed by atoms with E-state index in [1.165, 1.54) is 6.07 Å². The molecule has 0 amide bonds. The predicted octanol–water partition coefficient (Wildman–Crippen LogP) is 4.95. The molecule has 0 spiro atoms. The predicted molar refractivity (Wildman–Crippen MR) is 116 cm³/mol. The summed E-state index contributed by atoms with van der Waals surface area (Å²) in [6.07, 6.45) is -2.45. The van der Waals surface area contributed by atoms with Crippen molar-refractivity contribution in [3.8, 4) is 0 Å². The van der Waals surface area contributed by atoms with Crippen molar-refractivity contribution in [2.24, 2.45) is 5.73 Å². The fourth-order valence-electron chi connectivity index (χ4n) is 3.10. The molecular weight excluding hydrogens is 391 g/mol. The molecule has 5 nitrogen and oxygen atoms in total. The average Bonchev–Trinajstić information content (AvgIpc) is 2.72. The second-order valence-corrected chi connectivity index (χ2v) is 6.73. The Hall–Kier alpha value is -3.55. The summed E-state index contributed by atoms with van der Waals surface area (Å²) in [4.78, 5) is 4.27. The molecule has 3 aromatic rings. The molecule has 0 aliphatic rings. The number of alkyl halides is 3. The zero-order chi connectivity index (χ0) is 21.7. The molecule has 3 rings (SSSR count). The quantitative estimate of drug-likeness (QED) is 0.326. The average molecular weight is 413 g/mol. The Morgan fingerprint density at radius 2 is 1.77 bits per heavy atom. The summed E-state index contributed by atoms with van der Waals surface area (Å²) in [5, 5.41) is 14.7. The minimum atomic E-state index is -4.71. The number of nitrogens with zero attached hydrogens (tertiary/aromatic N) is 1. The number of hydrogen-bond acceptors (Lipinski definition) is 5. The minimum Gasteiger partial charge on any atom is -0.394 e. The lowest BCUT2D eigenvalue weighted by Gasteiger charge is -2.14. The highest BCUT2D eigenvalue weighted by Crippen LogP contribution is 2.30. The van der Waals surface area contributed by atoms with E-state index >= 15 is 0 Å². The Kier molecular flexibility index (Phi) is 6.25. The molecular formula is C22H22F3N5. The number of fused-ring (bicyclic) bond motifs is 1. The molecule has 0 aliphatic carbocycles. The van der Waals surface area contributed by atoms with Crippen LogP contribution in [0.4, 0.5) is 24.5 Å². The van der Waals surface area contributed by atoms with Crippen molar-refractivity contribution in [2.75, 3.05) is 23.7 Å². The Bertz CT molecular complexity index is 1090. The highest BCUT2D eigenvalue weighted by molar-refractivity contribution is 6.11. The van der Waals surface area contributed by atoms with Crippen LogP contribution in [0, 0.1) is 12.3 Å². The van der Waals surface area contributed by atoms with Crippen molar-refractivity contribution in [1.82, 2.24) is 4.98 Å². The summed E-state index contributed by atoms with van der Waals surface area (Å²) in [6, 6.07) is 14.4. The van der Waals surface area contributed by atoms with Crippen LogP contribution in [-0.4, -0.2) is 30.5 Å². The molecule has 5 N–H and O–H groups in total. The van der Waals surface area contributed by atoms with Gasteiger partial charge in [-0.25, -0.2) is 0 Å². The first kappa shape index (κ1) is 21.2. The van der Waals surface area contributed by atoms with Gasteiger partial charge in [-0.05, 0) is 42.3 Å². The van der Waals surface area contributed by atoms with E-state index in [0.29, 0.717) is 30.2 Å². The minimum absolute atomic E-state index is 0.210. The molecule has 0 aliphatic heterocycles. The van der Waals surface area contributed by atoms with Gasteiger partial charge in [0.1, 0.15) is 5.70 Å². The second kappa shape index (κ2) is 8.86. The number of allylic oxidation sites excluding steroid dienone is 2. The van der Waals surface area contributed by atoms with E-state index in [4.69, 9.17) is 11.1 Å². The third-order valence-corrected chi connectivity index (χ3v) is 4.69. The van der Waals surface area contributed by atoms with Crippen molar-refractivity contribution in [3.05, 3.63) is 71.6 Å². The largest absolute Gasteiger partial charge is 0.431 e. The van der Waals surface area contributed by atoms with Crippen LogP contribution in [0.2, 0.25) is 0 Å². The van der Waals surface area contributed by atoms with Crippen molar-refractivity contribution in [2.45, 2.75) is 13.1 Å². The number of hydrogen-bond donors (Lipinski definition) is 4. The first-order chi connectivity index (χ1) is 14.3. The molecule has 0 unspecified atom stereocenters. The number of benzene rings is 2. The fourth-order valence-corrected chi connectivity index (χ4v) is 3.10. The smallest absolute Gasteiger partial charge is 0.394 e. The standard InChI is InChI=1S/C22H22F3N5/c1-14-4-2-3-5-18(14)29-10-11-30-20-8-9-28-19-7-6-15(12-16(19)20)17(13-26)21(27)22(23,24)25/h2-9,12-13,26,29H,10-11,27H2,1H3,(H,28,30). The highest BCUT2D eigenvalue weighted by atomic mass is 19.4. The zero-order valence-corrected chi connectivity index (χ0v) is 16.3. The molecule has 8 heteroatoms. The number of aryl methyl sites for hydroxylation is 1. The molecule has 0 saturated carbocycles. The number of rotatable bonds is 7. The van der Waals surface area contributed by atoms with E-state index < -0.39 is 11.9 Å². The first-order valence-electron chi connectivity index (χ1n) is 9.31. The van der Waals surface area contributed by atoms with Crippen LogP contribution in [0.1, 0.15) is 11.1 Å². The summed E-state index contributed by atoms with van der Waals surface area (Å²) < 4.78 is 39.1. The molecule has 156 valence electrons. The number of nitrogens with one attached hydrogen (secondary N) is 3. The topological polar surface area (TPSA) is 86.8 Å². The van der Waals surface area contributed by atoms with Crippen LogP contribution in [0.25, 0.3) is 16.5 Å². The molecule has 30 heavy (non-hydrogen) atoms. The zero-order valence-electron chi connectivity index (χ0n) is 16.3. The van der Waals surface area contributed by atoms with Crippen LogP contribution in [0.3, 0.4) is 0 Å². The van der Waals surface area contributed by atoms with Crippen LogP contribution in [-0.2, 0) is 0 Å². The summed E-state index contributed by atoms with van der Waals surface area (Å²) in [6.45, 7) is 3.27. The number of anilines is 2. The molecule has 2 aromatic carbocycles. The molecule has 0 fully saturated rings. The Labute approximate surface area is 172 Å². The van der Waals surface area contributed by atoms with E-state index in [1.54, 1.807) is 24.4 Å². The molecule has 0 saturated heterocycles. The molecule has 1 heterocycles. The third kappa shape index (κ3) is 4.71. The molecule has 1 aromatic heterocycles. The Balaban J connectivity index is 1.83. The Morgan fingerprint density at radius 1 is 1.07 bits per heavy atom. The van der Waals surface area contributed by atoms with Gasteiger partial charge < -0.3 is 21.8 Å². The number of halogens is 3. The van der Waals surface area contributed by atoms with Crippen molar-refractivity contribution < 1.29 is 13.2 Å². The monoisotopic (exact) mass is 413 g/mol. The number of para-hydroxylation sites is 1.